The van der Waals surface area contributed by atoms with Gasteiger partial charge in [-0.1, -0.05) is 37.7 Å². The number of furan rings is 1. The van der Waals surface area contributed by atoms with E-state index in [0.717, 1.165) is 0 Å². The Kier molecular flexibility index (Phi) is 6.15. The molecule has 2 aromatic heterocycles. The monoisotopic (exact) mass is 503 g/mol. The third kappa shape index (κ3) is 3.97. The predicted octanol–water partition coefficient (Wildman–Crippen LogP) is 4.09. The number of aromatic nitrogens is 3. The Labute approximate surface area is 210 Å². The molecule has 0 bridgehead atoms. The molecule has 1 aliphatic heterocycles. The van der Waals surface area contributed by atoms with Crippen LogP contribution in [0.4, 0.5) is 11.4 Å². The van der Waals surface area contributed by atoms with E-state index in [1.807, 2.05) is 6.92 Å². The van der Waals surface area contributed by atoms with Crippen LogP contribution in [0, 0.1) is 10.1 Å². The van der Waals surface area contributed by atoms with E-state index in [-0.39, 0.29) is 23.7 Å². The van der Waals surface area contributed by atoms with Gasteiger partial charge in [-0.25, -0.2) is 9.88 Å². The van der Waals surface area contributed by atoms with E-state index < -0.39 is 17.0 Å². The molecule has 1 aliphatic rings. The second-order valence-corrected chi connectivity index (χ2v) is 9.17. The molecule has 3 heterocycles. The third-order valence-electron chi connectivity index (χ3n) is 5.81. The minimum Gasteiger partial charge on any atom is -0.854 e. The maximum atomic E-state index is 13.3. The van der Waals surface area contributed by atoms with Crippen molar-refractivity contribution < 1.29 is 23.9 Å². The van der Waals surface area contributed by atoms with Crippen LogP contribution in [0.1, 0.15) is 32.2 Å². The molecule has 1 unspecified atom stereocenters. The zero-order chi connectivity index (χ0) is 25.4. The second kappa shape index (κ2) is 9.42. The number of rotatable bonds is 6. The molecule has 1 atom stereocenters. The lowest BCUT2D eigenvalue weighted by Gasteiger charge is -2.32. The van der Waals surface area contributed by atoms with Crippen LogP contribution in [0.5, 0.6) is 5.88 Å². The Balaban J connectivity index is 1.69. The number of carbonyl (C=O) groups excluding carboxylic acids is 1. The number of amides is 1. The largest absolute Gasteiger partial charge is 0.854 e. The van der Waals surface area contributed by atoms with E-state index in [1.165, 1.54) is 28.6 Å². The highest BCUT2D eigenvalue weighted by Gasteiger charge is 2.46. The first-order valence-corrected chi connectivity index (χ1v) is 12.3. The zero-order valence-corrected chi connectivity index (χ0v) is 20.3. The van der Waals surface area contributed by atoms with E-state index in [9.17, 15) is 20.0 Å². The molecule has 2 aromatic carbocycles. The molecule has 0 fully saturated rings. The predicted molar refractivity (Wildman–Crippen MR) is 130 cm³/mol. The van der Waals surface area contributed by atoms with Crippen molar-refractivity contribution in [2.75, 3.05) is 10.7 Å². The molecule has 0 saturated heterocycles. The van der Waals surface area contributed by atoms with Crippen LogP contribution in [0.2, 0.25) is 0 Å². The van der Waals surface area contributed by atoms with Gasteiger partial charge >= 0.3 is 6.17 Å². The quantitative estimate of drug-likeness (QED) is 0.166. The average molecular weight is 504 g/mol. The SMILES string of the molecule is CCSc1nc([O-])c2[n+](n1)C(c1ccc(-c3ccc([N+](=O)[O-])cc3)o1)N(C(=O)CC)c1ccccc1-2. The summed E-state index contributed by atoms with van der Waals surface area (Å²) in [5.41, 5.74) is 2.01. The van der Waals surface area contributed by atoms with Crippen LogP contribution in [0.25, 0.3) is 22.6 Å². The third-order valence-corrected chi connectivity index (χ3v) is 6.53. The number of carbonyl (C=O) groups is 1. The number of benzene rings is 2. The molecular formula is C25H21N5O5S. The molecule has 5 rings (SSSR count). The fourth-order valence-corrected chi connectivity index (χ4v) is 4.77. The highest BCUT2D eigenvalue weighted by molar-refractivity contribution is 7.99. The minimum atomic E-state index is -0.860. The number of hydrogen-bond donors (Lipinski definition) is 0. The number of fused-ring (bicyclic) bond motifs is 3. The molecule has 0 aliphatic carbocycles. The number of non-ortho nitro benzene ring substituents is 1. The molecule has 4 aromatic rings. The van der Waals surface area contributed by atoms with Gasteiger partial charge in [0.15, 0.2) is 5.76 Å². The number of para-hydroxylation sites is 1. The summed E-state index contributed by atoms with van der Waals surface area (Å²) < 4.78 is 7.71. The lowest BCUT2D eigenvalue weighted by Crippen LogP contribution is -2.59. The standard InChI is InChI=1S/C25H21N5O5S/c1-3-21(31)28-18-8-6-5-7-17(18)22-23(32)26-25(36-4-2)27-29(22)24(28)20-14-13-19(35-20)15-9-11-16(12-10-15)30(33)34/h5-14,24H,3-4H2,1-2H3. The Hall–Kier alpha value is -4.25. The van der Waals surface area contributed by atoms with Gasteiger partial charge < -0.3 is 9.52 Å². The number of anilines is 1. The Bertz CT molecular complexity index is 1470. The van der Waals surface area contributed by atoms with Gasteiger partial charge in [0.05, 0.1) is 22.1 Å². The van der Waals surface area contributed by atoms with Crippen LogP contribution < -0.4 is 14.7 Å². The first-order chi connectivity index (χ1) is 17.4. The van der Waals surface area contributed by atoms with Crippen molar-refractivity contribution in [3.63, 3.8) is 0 Å². The van der Waals surface area contributed by atoms with E-state index in [2.05, 4.69) is 10.1 Å². The minimum absolute atomic E-state index is 0.0285. The summed E-state index contributed by atoms with van der Waals surface area (Å²) in [4.78, 5) is 29.6. The Morgan fingerprint density at radius 2 is 1.89 bits per heavy atom. The van der Waals surface area contributed by atoms with Crippen molar-refractivity contribution in [1.29, 1.82) is 0 Å². The van der Waals surface area contributed by atoms with E-state index in [0.29, 0.717) is 39.2 Å². The van der Waals surface area contributed by atoms with Crippen molar-refractivity contribution >= 4 is 29.0 Å². The summed E-state index contributed by atoms with van der Waals surface area (Å²) in [7, 11) is 0. The average Bonchev–Trinajstić information content (AvgIpc) is 3.37. The van der Waals surface area contributed by atoms with Gasteiger partial charge in [-0.3, -0.25) is 14.9 Å². The molecule has 36 heavy (non-hydrogen) atoms. The highest BCUT2D eigenvalue weighted by atomic mass is 32.2. The Morgan fingerprint density at radius 1 is 1.14 bits per heavy atom. The van der Waals surface area contributed by atoms with Crippen molar-refractivity contribution in [3.05, 3.63) is 76.5 Å². The van der Waals surface area contributed by atoms with E-state index in [4.69, 9.17) is 4.42 Å². The lowest BCUT2D eigenvalue weighted by molar-refractivity contribution is -0.765. The van der Waals surface area contributed by atoms with Crippen molar-refractivity contribution in [2.24, 2.45) is 0 Å². The van der Waals surface area contributed by atoms with Crippen LogP contribution in [-0.2, 0) is 4.79 Å². The summed E-state index contributed by atoms with van der Waals surface area (Å²) in [6.07, 6.45) is -0.635. The summed E-state index contributed by atoms with van der Waals surface area (Å²) in [5, 5.41) is 29.1. The summed E-state index contributed by atoms with van der Waals surface area (Å²) in [6.45, 7) is 3.70. The number of thioether (sulfide) groups is 1. The topological polar surface area (TPSA) is 129 Å². The molecule has 182 valence electrons. The van der Waals surface area contributed by atoms with Gasteiger partial charge in [0.1, 0.15) is 5.76 Å². The summed E-state index contributed by atoms with van der Waals surface area (Å²) >= 11 is 1.33. The molecular weight excluding hydrogens is 482 g/mol. The van der Waals surface area contributed by atoms with Gasteiger partial charge in [-0.2, -0.15) is 0 Å². The Morgan fingerprint density at radius 3 is 2.58 bits per heavy atom. The van der Waals surface area contributed by atoms with Crippen molar-refractivity contribution in [1.82, 2.24) is 10.1 Å². The number of nitro groups is 1. The normalized spacial score (nSPS) is 14.3. The number of nitro benzene ring substituents is 1. The van der Waals surface area contributed by atoms with E-state index >= 15 is 0 Å². The first-order valence-electron chi connectivity index (χ1n) is 11.3. The zero-order valence-electron chi connectivity index (χ0n) is 19.5. The van der Waals surface area contributed by atoms with Gasteiger partial charge in [-0.15, -0.1) is 0 Å². The van der Waals surface area contributed by atoms with Crippen LogP contribution in [0.15, 0.2) is 70.2 Å². The number of hydrogen-bond acceptors (Lipinski definition) is 8. The first kappa shape index (κ1) is 23.5. The molecule has 10 nitrogen and oxygen atoms in total. The van der Waals surface area contributed by atoms with Crippen molar-refractivity contribution in [2.45, 2.75) is 31.6 Å². The van der Waals surface area contributed by atoms with Crippen LogP contribution in [0.3, 0.4) is 0 Å². The maximum Gasteiger partial charge on any atom is 0.325 e. The highest BCUT2D eigenvalue weighted by Crippen LogP contribution is 2.42. The fraction of sp³-hybridized carbons (Fsp3) is 0.200. The second-order valence-electron chi connectivity index (χ2n) is 7.94. The maximum absolute atomic E-state index is 13.3. The van der Waals surface area contributed by atoms with Gasteiger partial charge in [0.25, 0.3) is 16.5 Å². The van der Waals surface area contributed by atoms with E-state index in [1.54, 1.807) is 60.4 Å². The van der Waals surface area contributed by atoms with Crippen LogP contribution in [-0.4, -0.2) is 26.7 Å². The molecule has 0 spiro atoms. The fourth-order valence-electron chi connectivity index (χ4n) is 4.22. The summed E-state index contributed by atoms with van der Waals surface area (Å²) in [6, 6.07) is 16.6. The summed E-state index contributed by atoms with van der Waals surface area (Å²) in [5.74, 6) is 0.905. The molecule has 0 saturated carbocycles. The molecule has 0 radical (unpaired) electrons. The molecule has 11 heteroatoms. The van der Waals surface area contributed by atoms with Crippen LogP contribution >= 0.6 is 11.8 Å². The van der Waals surface area contributed by atoms with Gasteiger partial charge in [0, 0.05) is 29.2 Å². The smallest absolute Gasteiger partial charge is 0.325 e. The molecule has 0 N–H and O–H groups in total. The van der Waals surface area contributed by atoms with Gasteiger partial charge in [0.2, 0.25) is 5.91 Å². The van der Waals surface area contributed by atoms with Gasteiger partial charge in [-0.05, 0) is 46.8 Å². The van der Waals surface area contributed by atoms with Crippen molar-refractivity contribution in [3.8, 4) is 28.5 Å². The lowest BCUT2D eigenvalue weighted by atomic mass is 10.0. The number of nitrogens with zero attached hydrogens (tertiary/aromatic N) is 5. The molecule has 1 amide bonds.